The van der Waals surface area contributed by atoms with Crippen molar-refractivity contribution in [3.63, 3.8) is 0 Å². The van der Waals surface area contributed by atoms with Gasteiger partial charge in [0.25, 0.3) is 0 Å². The molecular formula is C11H17Zr. The van der Waals surface area contributed by atoms with Crippen LogP contribution in [0.1, 0.15) is 25.7 Å². The Bertz CT molecular complexity index is 177. The van der Waals surface area contributed by atoms with E-state index < -0.39 is 0 Å². The third kappa shape index (κ3) is 2.94. The van der Waals surface area contributed by atoms with E-state index in [1.807, 2.05) is 0 Å². The number of hydrogen-bond acceptors (Lipinski definition) is 0. The molecule has 0 aliphatic heterocycles. The van der Waals surface area contributed by atoms with Gasteiger partial charge in [-0.1, -0.05) is 25.7 Å². The van der Waals surface area contributed by atoms with E-state index >= 15 is 0 Å². The van der Waals surface area contributed by atoms with Gasteiger partial charge in [-0.15, -0.1) is 6.08 Å². The van der Waals surface area contributed by atoms with Crippen LogP contribution >= 0.6 is 0 Å². The minimum Gasteiger partial charge on any atom is -0.358 e. The molecule has 0 aromatic rings. The molecule has 0 bridgehead atoms. The van der Waals surface area contributed by atoms with Crippen molar-refractivity contribution in [1.29, 1.82) is 0 Å². The normalized spacial score (nSPS) is 18.0. The van der Waals surface area contributed by atoms with Gasteiger partial charge in [0, 0.05) is 0 Å². The SMILES string of the molecule is C1=CC2=C(CC1)CC[CH-]2.[CH3-].[CH3-].[Zr+3]. The second-order valence-electron chi connectivity index (χ2n) is 2.74. The third-order valence-electron chi connectivity index (χ3n) is 2.13. The Hall–Kier alpha value is 0.233. The summed E-state index contributed by atoms with van der Waals surface area (Å²) < 4.78 is 0. The molecule has 12 heavy (non-hydrogen) atoms. The molecule has 65 valence electrons. The van der Waals surface area contributed by atoms with Crippen molar-refractivity contribution in [2.75, 3.05) is 0 Å². The monoisotopic (exact) mass is 239 g/mol. The molecule has 1 heteroatoms. The maximum absolute atomic E-state index is 2.35. The first kappa shape index (κ1) is 14.7. The Kier molecular flexibility index (Phi) is 8.25. The molecule has 0 saturated heterocycles. The fourth-order valence-electron chi connectivity index (χ4n) is 1.61. The second kappa shape index (κ2) is 6.72. The number of hydrogen-bond donors (Lipinski definition) is 0. The largest absolute Gasteiger partial charge is 3.00 e. The van der Waals surface area contributed by atoms with Crippen molar-refractivity contribution < 1.29 is 26.2 Å². The van der Waals surface area contributed by atoms with Crippen molar-refractivity contribution in [3.8, 4) is 0 Å². The van der Waals surface area contributed by atoms with Gasteiger partial charge in [-0.25, -0.2) is 0 Å². The first-order valence-electron chi connectivity index (χ1n) is 3.68. The Morgan fingerprint density at radius 3 is 2.58 bits per heavy atom. The topological polar surface area (TPSA) is 0 Å². The molecule has 0 aromatic heterocycles. The summed E-state index contributed by atoms with van der Waals surface area (Å²) in [6.45, 7) is 0. The summed E-state index contributed by atoms with van der Waals surface area (Å²) in [6, 6.07) is 0. The van der Waals surface area contributed by atoms with Gasteiger partial charge in [-0.05, 0) is 0 Å². The van der Waals surface area contributed by atoms with Crippen molar-refractivity contribution in [1.82, 2.24) is 0 Å². The summed E-state index contributed by atoms with van der Waals surface area (Å²) in [5, 5.41) is 0. The molecule has 1 radical (unpaired) electrons. The van der Waals surface area contributed by atoms with E-state index in [4.69, 9.17) is 0 Å². The van der Waals surface area contributed by atoms with Gasteiger partial charge in [-0.3, -0.25) is 0 Å². The summed E-state index contributed by atoms with van der Waals surface area (Å²) in [7, 11) is 0. The van der Waals surface area contributed by atoms with Crippen molar-refractivity contribution in [2.45, 2.75) is 25.7 Å². The maximum atomic E-state index is 2.35. The summed E-state index contributed by atoms with van der Waals surface area (Å²) >= 11 is 0. The number of allylic oxidation sites excluding steroid dienone is 4. The van der Waals surface area contributed by atoms with Crippen LogP contribution in [0.5, 0.6) is 0 Å². The van der Waals surface area contributed by atoms with Gasteiger partial charge in [-0.2, -0.15) is 23.6 Å². The smallest absolute Gasteiger partial charge is 0.358 e. The van der Waals surface area contributed by atoms with E-state index in [0.717, 1.165) is 0 Å². The summed E-state index contributed by atoms with van der Waals surface area (Å²) in [6.07, 6.45) is 12.1. The van der Waals surface area contributed by atoms with E-state index in [-0.39, 0.29) is 41.1 Å². The average Bonchev–Trinajstić information content (AvgIpc) is 2.33. The van der Waals surface area contributed by atoms with E-state index in [2.05, 4.69) is 18.6 Å². The Morgan fingerprint density at radius 2 is 1.92 bits per heavy atom. The third-order valence-corrected chi connectivity index (χ3v) is 2.13. The van der Waals surface area contributed by atoms with Gasteiger partial charge in [0.1, 0.15) is 0 Å². The van der Waals surface area contributed by atoms with E-state index in [1.54, 1.807) is 5.57 Å². The van der Waals surface area contributed by atoms with Crippen LogP contribution in [0.4, 0.5) is 0 Å². The molecule has 0 heterocycles. The van der Waals surface area contributed by atoms with E-state index in [0.29, 0.717) is 0 Å². The fourth-order valence-corrected chi connectivity index (χ4v) is 1.61. The standard InChI is InChI=1S/C9H11.2CH3.Zr/c1-2-5-9-7-3-6-8(9)4-1;;;/h1,4,6H,2-3,5,7H2;2*1H3;/q3*-1;+3. The Morgan fingerprint density at radius 1 is 1.17 bits per heavy atom. The molecule has 0 nitrogen and oxygen atoms in total. The summed E-state index contributed by atoms with van der Waals surface area (Å²) in [5.74, 6) is 0. The van der Waals surface area contributed by atoms with Crippen molar-refractivity contribution >= 4 is 0 Å². The first-order valence-corrected chi connectivity index (χ1v) is 3.68. The average molecular weight is 240 g/mol. The molecule has 0 aromatic carbocycles. The zero-order chi connectivity index (χ0) is 6.10. The molecular weight excluding hydrogens is 223 g/mol. The summed E-state index contributed by atoms with van der Waals surface area (Å²) in [4.78, 5) is 0. The van der Waals surface area contributed by atoms with E-state index in [9.17, 15) is 0 Å². The zero-order valence-electron chi connectivity index (χ0n) is 8.06. The minimum absolute atomic E-state index is 0. The molecule has 2 aliphatic rings. The van der Waals surface area contributed by atoms with Gasteiger partial charge < -0.3 is 14.9 Å². The van der Waals surface area contributed by atoms with Crippen LogP contribution in [0, 0.1) is 21.3 Å². The molecule has 0 spiro atoms. The van der Waals surface area contributed by atoms with E-state index in [1.165, 1.54) is 31.3 Å². The van der Waals surface area contributed by atoms with Crippen molar-refractivity contribution in [3.05, 3.63) is 44.6 Å². The molecule has 0 saturated carbocycles. The van der Waals surface area contributed by atoms with Crippen LogP contribution in [0.3, 0.4) is 0 Å². The minimum atomic E-state index is 0. The first-order chi connectivity index (χ1) is 4.47. The maximum Gasteiger partial charge on any atom is 3.00 e. The summed E-state index contributed by atoms with van der Waals surface area (Å²) in [5.41, 5.74) is 3.22. The van der Waals surface area contributed by atoms with Crippen LogP contribution in [0.15, 0.2) is 23.3 Å². The van der Waals surface area contributed by atoms with Crippen LogP contribution in [0.2, 0.25) is 0 Å². The molecule has 0 atom stereocenters. The van der Waals surface area contributed by atoms with Gasteiger partial charge in [0.05, 0.1) is 0 Å². The second-order valence-corrected chi connectivity index (χ2v) is 2.74. The Balaban J connectivity index is 0. The Labute approximate surface area is 96.3 Å². The molecule has 0 fully saturated rings. The predicted octanol–water partition coefficient (Wildman–Crippen LogP) is 3.53. The zero-order valence-corrected chi connectivity index (χ0v) is 10.5. The predicted molar refractivity (Wildman–Crippen MR) is 51.8 cm³/mol. The van der Waals surface area contributed by atoms with Gasteiger partial charge in [0.15, 0.2) is 0 Å². The molecule has 2 rings (SSSR count). The quantitative estimate of drug-likeness (QED) is 0.568. The van der Waals surface area contributed by atoms with Crippen LogP contribution < -0.4 is 0 Å². The van der Waals surface area contributed by atoms with Gasteiger partial charge in [0.2, 0.25) is 0 Å². The van der Waals surface area contributed by atoms with Crippen LogP contribution in [-0.2, 0) is 26.2 Å². The molecule has 0 N–H and O–H groups in total. The molecule has 2 aliphatic carbocycles. The number of rotatable bonds is 0. The van der Waals surface area contributed by atoms with Gasteiger partial charge >= 0.3 is 26.2 Å². The van der Waals surface area contributed by atoms with Crippen molar-refractivity contribution in [2.24, 2.45) is 0 Å². The molecule has 0 amide bonds. The fraction of sp³-hybridized carbons (Fsp3) is 0.364. The van der Waals surface area contributed by atoms with Crippen LogP contribution in [0.25, 0.3) is 0 Å². The van der Waals surface area contributed by atoms with Crippen LogP contribution in [-0.4, -0.2) is 0 Å². The molecule has 0 unspecified atom stereocenters.